The van der Waals surface area contributed by atoms with E-state index in [0.29, 0.717) is 23.5 Å². The van der Waals surface area contributed by atoms with Crippen LogP contribution in [0.3, 0.4) is 0 Å². The number of aromatic nitrogens is 2. The van der Waals surface area contributed by atoms with Gasteiger partial charge in [-0.1, -0.05) is 19.1 Å². The molecule has 172 valence electrons. The lowest BCUT2D eigenvalue weighted by atomic mass is 10.2. The van der Waals surface area contributed by atoms with Crippen molar-refractivity contribution in [2.45, 2.75) is 20.3 Å². The Morgan fingerprint density at radius 1 is 1.12 bits per heavy atom. The Labute approximate surface area is 189 Å². The van der Waals surface area contributed by atoms with Gasteiger partial charge in [-0.25, -0.2) is 13.1 Å². The molecule has 2 N–H and O–H groups in total. The van der Waals surface area contributed by atoms with Crippen LogP contribution in [0.1, 0.15) is 29.5 Å². The van der Waals surface area contributed by atoms with Gasteiger partial charge in [0.05, 0.1) is 10.7 Å². The van der Waals surface area contributed by atoms with Crippen molar-refractivity contribution in [3.8, 4) is 5.69 Å². The van der Waals surface area contributed by atoms with Crippen molar-refractivity contribution in [2.75, 3.05) is 15.8 Å². The minimum atomic E-state index is -3.45. The molecule has 0 spiro atoms. The molecule has 3 rings (SSSR count). The van der Waals surface area contributed by atoms with Crippen LogP contribution in [0.2, 0.25) is 0 Å². The lowest BCUT2D eigenvalue weighted by Crippen LogP contribution is -2.27. The standard InChI is InChI=1S/C21H21N5O6S/c1-3-12-33(31,32)24-16-10-8-15(9-11-16)22-21(28)20-19(27)13-14(2)25(23-20)17-6-4-5-7-18(17)26(29)30/h4-11,13,24H,3,12H2,1-2H3,(H,22,28). The van der Waals surface area contributed by atoms with Crippen LogP contribution in [-0.4, -0.2) is 34.8 Å². The highest BCUT2D eigenvalue weighted by Gasteiger charge is 2.20. The van der Waals surface area contributed by atoms with Crippen LogP contribution in [-0.2, 0) is 10.0 Å². The highest BCUT2D eigenvalue weighted by molar-refractivity contribution is 7.92. The van der Waals surface area contributed by atoms with Gasteiger partial charge in [0.25, 0.3) is 11.6 Å². The Morgan fingerprint density at radius 3 is 2.39 bits per heavy atom. The summed E-state index contributed by atoms with van der Waals surface area (Å²) in [5.74, 6) is -0.831. The summed E-state index contributed by atoms with van der Waals surface area (Å²) in [6, 6.07) is 12.9. The van der Waals surface area contributed by atoms with Crippen molar-refractivity contribution >= 4 is 33.0 Å². The molecule has 0 atom stereocenters. The molecular formula is C21H21N5O6S. The number of nitrogens with one attached hydrogen (secondary N) is 2. The number of hydrogen-bond donors (Lipinski definition) is 2. The lowest BCUT2D eigenvalue weighted by Gasteiger charge is -2.12. The number of rotatable bonds is 8. The molecule has 1 amide bonds. The molecule has 0 unspecified atom stereocenters. The van der Waals surface area contributed by atoms with E-state index in [2.05, 4.69) is 15.1 Å². The molecule has 12 heteroatoms. The summed E-state index contributed by atoms with van der Waals surface area (Å²) in [5.41, 5.74) is -0.280. The zero-order valence-electron chi connectivity index (χ0n) is 17.8. The molecule has 0 aliphatic heterocycles. The SMILES string of the molecule is CCCS(=O)(=O)Nc1ccc(NC(=O)c2nn(-c3ccccc3[N+](=O)[O-])c(C)cc2=O)cc1. The van der Waals surface area contributed by atoms with Gasteiger partial charge >= 0.3 is 0 Å². The Morgan fingerprint density at radius 2 is 1.76 bits per heavy atom. The maximum absolute atomic E-state index is 12.7. The smallest absolute Gasteiger partial charge is 0.294 e. The van der Waals surface area contributed by atoms with Crippen molar-refractivity contribution in [1.82, 2.24) is 9.78 Å². The predicted molar refractivity (Wildman–Crippen MR) is 123 cm³/mol. The van der Waals surface area contributed by atoms with Gasteiger partial charge < -0.3 is 5.32 Å². The van der Waals surface area contributed by atoms with Crippen molar-refractivity contribution in [2.24, 2.45) is 0 Å². The number of benzene rings is 2. The van der Waals surface area contributed by atoms with Crippen molar-refractivity contribution in [3.05, 3.63) is 86.3 Å². The van der Waals surface area contributed by atoms with E-state index in [1.807, 2.05) is 0 Å². The number of nitro groups is 1. The minimum Gasteiger partial charge on any atom is -0.320 e. The second kappa shape index (κ2) is 9.61. The number of nitro benzene ring substituents is 1. The Hall–Kier alpha value is -4.06. The Bertz CT molecular complexity index is 1370. The third kappa shape index (κ3) is 5.60. The fourth-order valence-electron chi connectivity index (χ4n) is 3.06. The van der Waals surface area contributed by atoms with Crippen LogP contribution < -0.4 is 15.5 Å². The molecule has 1 heterocycles. The van der Waals surface area contributed by atoms with Crippen LogP contribution >= 0.6 is 0 Å². The van der Waals surface area contributed by atoms with E-state index in [0.717, 1.165) is 0 Å². The van der Waals surface area contributed by atoms with Gasteiger partial charge in [-0.15, -0.1) is 0 Å². The van der Waals surface area contributed by atoms with Crippen LogP contribution in [0.25, 0.3) is 5.69 Å². The number of para-hydroxylation sites is 2. The molecule has 1 aromatic heterocycles. The number of aryl methyl sites for hydroxylation is 1. The summed E-state index contributed by atoms with van der Waals surface area (Å²) < 4.78 is 27.3. The van der Waals surface area contributed by atoms with Crippen molar-refractivity contribution in [1.29, 1.82) is 0 Å². The van der Waals surface area contributed by atoms with Crippen LogP contribution in [0, 0.1) is 17.0 Å². The topological polar surface area (TPSA) is 153 Å². The molecule has 11 nitrogen and oxygen atoms in total. The number of hydrogen-bond acceptors (Lipinski definition) is 7. The molecule has 3 aromatic rings. The summed E-state index contributed by atoms with van der Waals surface area (Å²) in [6.07, 6.45) is 0.469. The molecular weight excluding hydrogens is 450 g/mol. The third-order valence-corrected chi connectivity index (χ3v) is 6.01. The summed E-state index contributed by atoms with van der Waals surface area (Å²) >= 11 is 0. The van der Waals surface area contributed by atoms with Crippen molar-refractivity contribution in [3.63, 3.8) is 0 Å². The Balaban J connectivity index is 1.87. The van der Waals surface area contributed by atoms with E-state index >= 15 is 0 Å². The van der Waals surface area contributed by atoms with Crippen molar-refractivity contribution < 1.29 is 18.1 Å². The molecule has 0 aliphatic rings. The lowest BCUT2D eigenvalue weighted by molar-refractivity contribution is -0.384. The summed E-state index contributed by atoms with van der Waals surface area (Å²) in [7, 11) is -3.45. The van der Waals surface area contributed by atoms with E-state index < -0.39 is 32.0 Å². The molecule has 0 saturated heterocycles. The molecule has 33 heavy (non-hydrogen) atoms. The molecule has 0 aliphatic carbocycles. The summed E-state index contributed by atoms with van der Waals surface area (Å²) in [5, 5.41) is 18.0. The second-order valence-corrected chi connectivity index (χ2v) is 8.95. The number of carbonyl (C=O) groups excluding carboxylic acids is 1. The predicted octanol–water partition coefficient (Wildman–Crippen LogP) is 2.85. The first-order valence-corrected chi connectivity index (χ1v) is 11.5. The maximum atomic E-state index is 12.7. The molecule has 0 bridgehead atoms. The van der Waals surface area contributed by atoms with Crippen LogP contribution in [0.4, 0.5) is 17.1 Å². The van der Waals surface area contributed by atoms with E-state index in [1.165, 1.54) is 53.2 Å². The highest BCUT2D eigenvalue weighted by atomic mass is 32.2. The van der Waals surface area contributed by atoms with E-state index in [9.17, 15) is 28.1 Å². The maximum Gasteiger partial charge on any atom is 0.294 e. The molecule has 0 saturated carbocycles. The van der Waals surface area contributed by atoms with Gasteiger partial charge in [-0.05, 0) is 43.7 Å². The number of anilines is 2. The first kappa shape index (κ1) is 23.6. The largest absolute Gasteiger partial charge is 0.320 e. The van der Waals surface area contributed by atoms with E-state index in [-0.39, 0.29) is 17.1 Å². The average Bonchev–Trinajstić information content (AvgIpc) is 2.75. The zero-order valence-corrected chi connectivity index (χ0v) is 18.6. The monoisotopic (exact) mass is 471 g/mol. The average molecular weight is 471 g/mol. The molecule has 2 aromatic carbocycles. The van der Waals surface area contributed by atoms with E-state index in [1.54, 1.807) is 19.9 Å². The van der Waals surface area contributed by atoms with Gasteiger partial charge in [-0.2, -0.15) is 5.10 Å². The Kier molecular flexibility index (Phi) is 6.87. The van der Waals surface area contributed by atoms with Gasteiger partial charge in [-0.3, -0.25) is 24.4 Å². The normalized spacial score (nSPS) is 11.1. The third-order valence-electron chi connectivity index (χ3n) is 4.52. The second-order valence-electron chi connectivity index (χ2n) is 7.11. The zero-order chi connectivity index (χ0) is 24.2. The quantitative estimate of drug-likeness (QED) is 0.378. The summed E-state index contributed by atoms with van der Waals surface area (Å²) in [6.45, 7) is 3.30. The van der Waals surface area contributed by atoms with Gasteiger partial charge in [0, 0.05) is 29.2 Å². The van der Waals surface area contributed by atoms with Crippen LogP contribution in [0.5, 0.6) is 0 Å². The first-order chi connectivity index (χ1) is 15.6. The number of carbonyl (C=O) groups is 1. The first-order valence-electron chi connectivity index (χ1n) is 9.88. The summed E-state index contributed by atoms with van der Waals surface area (Å²) in [4.78, 5) is 35.9. The van der Waals surface area contributed by atoms with Gasteiger partial charge in [0.15, 0.2) is 5.69 Å². The number of nitrogens with zero attached hydrogens (tertiary/aromatic N) is 3. The molecule has 0 fully saturated rings. The number of amides is 1. The van der Waals surface area contributed by atoms with Gasteiger partial charge in [0.1, 0.15) is 5.69 Å². The van der Waals surface area contributed by atoms with E-state index in [4.69, 9.17) is 0 Å². The highest BCUT2D eigenvalue weighted by Crippen LogP contribution is 2.22. The van der Waals surface area contributed by atoms with Crippen LogP contribution in [0.15, 0.2) is 59.4 Å². The van der Waals surface area contributed by atoms with Gasteiger partial charge in [0.2, 0.25) is 15.5 Å². The molecule has 0 radical (unpaired) electrons. The number of sulfonamides is 1. The fraction of sp³-hybridized carbons (Fsp3) is 0.190. The minimum absolute atomic E-state index is 0.0174. The fourth-order valence-corrected chi connectivity index (χ4v) is 4.19.